The van der Waals surface area contributed by atoms with E-state index < -0.39 is 0 Å². The first-order valence-corrected chi connectivity index (χ1v) is 8.71. The van der Waals surface area contributed by atoms with Gasteiger partial charge in [0.25, 0.3) is 0 Å². The molecule has 0 saturated heterocycles. The van der Waals surface area contributed by atoms with Crippen LogP contribution in [0.3, 0.4) is 0 Å². The quantitative estimate of drug-likeness (QED) is 0.686. The van der Waals surface area contributed by atoms with Gasteiger partial charge in [-0.25, -0.2) is 9.97 Å². The zero-order chi connectivity index (χ0) is 16.3. The smallest absolute Gasteiger partial charge is 0.163 e. The highest BCUT2D eigenvalue weighted by Crippen LogP contribution is 2.54. The van der Waals surface area contributed by atoms with E-state index in [-0.39, 0.29) is 5.41 Å². The Morgan fingerprint density at radius 1 is 1.17 bits per heavy atom. The zero-order valence-electron chi connectivity index (χ0n) is 14.1. The molecule has 1 fully saturated rings. The van der Waals surface area contributed by atoms with Crippen LogP contribution in [0.2, 0.25) is 0 Å². The summed E-state index contributed by atoms with van der Waals surface area (Å²) in [6.07, 6.45) is 8.60. The molecule has 3 aromatic rings. The molecule has 0 unspecified atom stereocenters. The standard InChI is InChI=1S/C19H21N5/c1-19-10-6-5-9-16(19)24(15-8-4-3-7-14(15)19)18-13-11-22-23(2)17(13)20-12-21-18/h3-4,7-8,11-12,16H,5-6,9-10H2,1-2H3/t16-,19-/m0/s1. The second-order valence-electron chi connectivity index (χ2n) is 7.27. The number of aryl methyl sites for hydroxylation is 1. The van der Waals surface area contributed by atoms with E-state index in [1.807, 2.05) is 17.9 Å². The highest BCUT2D eigenvalue weighted by molar-refractivity contribution is 5.91. The lowest BCUT2D eigenvalue weighted by Crippen LogP contribution is -2.43. The fourth-order valence-corrected chi connectivity index (χ4v) is 4.78. The van der Waals surface area contributed by atoms with Gasteiger partial charge in [0.05, 0.1) is 11.6 Å². The Balaban J connectivity index is 1.78. The van der Waals surface area contributed by atoms with Crippen molar-refractivity contribution in [1.82, 2.24) is 19.7 Å². The van der Waals surface area contributed by atoms with Crippen LogP contribution in [0.5, 0.6) is 0 Å². The largest absolute Gasteiger partial charge is 0.321 e. The molecule has 1 aromatic carbocycles. The Morgan fingerprint density at radius 3 is 2.96 bits per heavy atom. The van der Waals surface area contributed by atoms with E-state index in [0.29, 0.717) is 6.04 Å². The summed E-state index contributed by atoms with van der Waals surface area (Å²) in [6.45, 7) is 2.43. The number of nitrogens with zero attached hydrogens (tertiary/aromatic N) is 5. The average Bonchev–Trinajstić information content (AvgIpc) is 3.11. The van der Waals surface area contributed by atoms with Crippen LogP contribution in [0.15, 0.2) is 36.8 Å². The van der Waals surface area contributed by atoms with Gasteiger partial charge in [0.1, 0.15) is 12.1 Å². The van der Waals surface area contributed by atoms with Gasteiger partial charge in [-0.3, -0.25) is 4.68 Å². The third-order valence-corrected chi connectivity index (χ3v) is 5.99. The molecule has 0 bridgehead atoms. The lowest BCUT2D eigenvalue weighted by molar-refractivity contribution is 0.289. The number of fused-ring (bicyclic) bond motifs is 4. The van der Waals surface area contributed by atoms with Gasteiger partial charge in [-0.15, -0.1) is 0 Å². The van der Waals surface area contributed by atoms with Crippen molar-refractivity contribution in [2.75, 3.05) is 4.90 Å². The average molecular weight is 319 g/mol. The van der Waals surface area contributed by atoms with Crippen LogP contribution in [0.4, 0.5) is 11.5 Å². The third-order valence-electron chi connectivity index (χ3n) is 5.99. The van der Waals surface area contributed by atoms with Crippen molar-refractivity contribution >= 4 is 22.5 Å². The van der Waals surface area contributed by atoms with Crippen LogP contribution in [0.25, 0.3) is 11.0 Å². The SMILES string of the molecule is Cn1ncc2c(N3c4ccccc4[C@]4(C)CCCC[C@H]34)ncnc21. The van der Waals surface area contributed by atoms with Gasteiger partial charge >= 0.3 is 0 Å². The summed E-state index contributed by atoms with van der Waals surface area (Å²) in [5.74, 6) is 0.996. The number of hydrogen-bond donors (Lipinski definition) is 0. The monoisotopic (exact) mass is 319 g/mol. The molecule has 5 nitrogen and oxygen atoms in total. The molecule has 2 aromatic heterocycles. The molecule has 3 heterocycles. The lowest BCUT2D eigenvalue weighted by Gasteiger charge is -2.40. The summed E-state index contributed by atoms with van der Waals surface area (Å²) >= 11 is 0. The molecule has 0 spiro atoms. The molecule has 1 aliphatic carbocycles. The summed E-state index contributed by atoms with van der Waals surface area (Å²) in [4.78, 5) is 11.6. The number of para-hydroxylation sites is 1. The molecule has 24 heavy (non-hydrogen) atoms. The molecule has 5 heteroatoms. The highest BCUT2D eigenvalue weighted by atomic mass is 15.3. The summed E-state index contributed by atoms with van der Waals surface area (Å²) in [6, 6.07) is 9.30. The van der Waals surface area contributed by atoms with Crippen molar-refractivity contribution in [3.05, 3.63) is 42.4 Å². The normalized spacial score (nSPS) is 25.8. The minimum Gasteiger partial charge on any atom is -0.321 e. The number of hydrogen-bond acceptors (Lipinski definition) is 4. The van der Waals surface area contributed by atoms with Crippen molar-refractivity contribution in [2.45, 2.75) is 44.1 Å². The highest BCUT2D eigenvalue weighted by Gasteiger charge is 2.49. The minimum absolute atomic E-state index is 0.203. The molecule has 2 atom stereocenters. The van der Waals surface area contributed by atoms with Gasteiger partial charge in [-0.1, -0.05) is 38.0 Å². The predicted octanol–water partition coefficient (Wildman–Crippen LogP) is 3.72. The maximum Gasteiger partial charge on any atom is 0.163 e. The fraction of sp³-hybridized carbons (Fsp3) is 0.421. The Kier molecular flexibility index (Phi) is 2.78. The second kappa shape index (κ2) is 4.79. The maximum absolute atomic E-state index is 4.68. The second-order valence-corrected chi connectivity index (χ2v) is 7.27. The topological polar surface area (TPSA) is 46.8 Å². The summed E-state index contributed by atoms with van der Waals surface area (Å²) in [7, 11) is 1.93. The van der Waals surface area contributed by atoms with E-state index >= 15 is 0 Å². The van der Waals surface area contributed by atoms with E-state index in [4.69, 9.17) is 0 Å². The maximum atomic E-state index is 4.68. The first kappa shape index (κ1) is 14.0. The number of anilines is 2. The molecule has 1 aliphatic heterocycles. The van der Waals surface area contributed by atoms with Crippen molar-refractivity contribution in [1.29, 1.82) is 0 Å². The van der Waals surface area contributed by atoms with Crippen molar-refractivity contribution in [3.63, 3.8) is 0 Å². The number of aromatic nitrogens is 4. The van der Waals surface area contributed by atoms with E-state index in [0.717, 1.165) is 16.9 Å². The zero-order valence-corrected chi connectivity index (χ0v) is 14.1. The van der Waals surface area contributed by atoms with E-state index in [1.54, 1.807) is 6.33 Å². The molecular weight excluding hydrogens is 298 g/mol. The van der Waals surface area contributed by atoms with Gasteiger partial charge in [-0.05, 0) is 24.5 Å². The molecule has 0 N–H and O–H groups in total. The molecule has 0 amide bonds. The first-order valence-electron chi connectivity index (χ1n) is 8.71. The van der Waals surface area contributed by atoms with Gasteiger partial charge in [0, 0.05) is 24.2 Å². The van der Waals surface area contributed by atoms with Crippen LogP contribution in [0.1, 0.15) is 38.2 Å². The van der Waals surface area contributed by atoms with Crippen molar-refractivity contribution < 1.29 is 0 Å². The summed E-state index contributed by atoms with van der Waals surface area (Å²) in [5.41, 5.74) is 3.86. The van der Waals surface area contributed by atoms with E-state index in [9.17, 15) is 0 Å². The van der Waals surface area contributed by atoms with Gasteiger partial charge in [0.2, 0.25) is 0 Å². The Bertz CT molecular complexity index is 930. The van der Waals surface area contributed by atoms with Crippen LogP contribution in [0, 0.1) is 0 Å². The summed E-state index contributed by atoms with van der Waals surface area (Å²) in [5, 5.41) is 5.42. The summed E-state index contributed by atoms with van der Waals surface area (Å²) < 4.78 is 1.82. The van der Waals surface area contributed by atoms with Crippen molar-refractivity contribution in [2.24, 2.45) is 7.05 Å². The van der Waals surface area contributed by atoms with Crippen LogP contribution >= 0.6 is 0 Å². The van der Waals surface area contributed by atoms with Crippen LogP contribution < -0.4 is 4.90 Å². The Hall–Kier alpha value is -2.43. The molecule has 2 aliphatic rings. The first-order chi connectivity index (χ1) is 11.7. The number of benzene rings is 1. The van der Waals surface area contributed by atoms with Gasteiger partial charge < -0.3 is 4.90 Å². The molecule has 0 radical (unpaired) electrons. The Labute approximate surface area is 141 Å². The Morgan fingerprint density at radius 2 is 2.04 bits per heavy atom. The van der Waals surface area contributed by atoms with E-state index in [1.165, 1.54) is 36.9 Å². The lowest BCUT2D eigenvalue weighted by atomic mass is 9.69. The third kappa shape index (κ3) is 1.67. The van der Waals surface area contributed by atoms with Crippen molar-refractivity contribution in [3.8, 4) is 0 Å². The number of rotatable bonds is 1. The molecule has 5 rings (SSSR count). The van der Waals surface area contributed by atoms with Gasteiger partial charge in [-0.2, -0.15) is 5.10 Å². The van der Waals surface area contributed by atoms with Crippen LogP contribution in [-0.2, 0) is 12.5 Å². The van der Waals surface area contributed by atoms with Gasteiger partial charge in [0.15, 0.2) is 5.65 Å². The van der Waals surface area contributed by atoms with Crippen LogP contribution in [-0.4, -0.2) is 25.8 Å². The minimum atomic E-state index is 0.203. The molecular formula is C19H21N5. The molecule has 122 valence electrons. The molecule has 1 saturated carbocycles. The van der Waals surface area contributed by atoms with E-state index in [2.05, 4.69) is 51.2 Å². The fourth-order valence-electron chi connectivity index (χ4n) is 4.78. The predicted molar refractivity (Wildman–Crippen MR) is 94.5 cm³/mol.